The highest BCUT2D eigenvalue weighted by Crippen LogP contribution is 2.23. The lowest BCUT2D eigenvalue weighted by Crippen LogP contribution is -2.32. The van der Waals surface area contributed by atoms with E-state index in [0.717, 1.165) is 35.7 Å². The Kier molecular flexibility index (Phi) is 6.25. The van der Waals surface area contributed by atoms with E-state index in [1.54, 1.807) is 11.3 Å². The van der Waals surface area contributed by atoms with Gasteiger partial charge in [-0.1, -0.05) is 17.8 Å². The molecule has 0 N–H and O–H groups in total. The van der Waals surface area contributed by atoms with Gasteiger partial charge in [0.1, 0.15) is 0 Å². The molecular formula is C17H22N4O2S2. The molecule has 0 aromatic carbocycles. The first-order chi connectivity index (χ1) is 12.2. The highest BCUT2D eigenvalue weighted by Gasteiger charge is 2.19. The molecule has 2 aromatic heterocycles. The Balaban J connectivity index is 1.54. The Bertz CT molecular complexity index is 753. The van der Waals surface area contributed by atoms with Crippen LogP contribution in [0.5, 0.6) is 0 Å². The Morgan fingerprint density at radius 3 is 2.96 bits per heavy atom. The van der Waals surface area contributed by atoms with Gasteiger partial charge in [0.2, 0.25) is 11.8 Å². The fraction of sp³-hybridized carbons (Fsp3) is 0.529. The average molecular weight is 379 g/mol. The highest BCUT2D eigenvalue weighted by molar-refractivity contribution is 7.99. The molecule has 1 aliphatic carbocycles. The highest BCUT2D eigenvalue weighted by atomic mass is 32.2. The SMILES string of the molecule is CCN(C(=O)CSc1nnc(Cc2csc(C)n2)o1)C1=CCCCC1. The molecule has 25 heavy (non-hydrogen) atoms. The van der Waals surface area contributed by atoms with Gasteiger partial charge in [-0.2, -0.15) is 0 Å². The normalized spacial score (nSPS) is 14.4. The first-order valence-corrected chi connectivity index (χ1v) is 10.4. The summed E-state index contributed by atoms with van der Waals surface area (Å²) in [6.07, 6.45) is 7.15. The maximum absolute atomic E-state index is 12.5. The number of carbonyl (C=O) groups excluding carboxylic acids is 1. The summed E-state index contributed by atoms with van der Waals surface area (Å²) in [6, 6.07) is 0. The zero-order chi connectivity index (χ0) is 17.6. The van der Waals surface area contributed by atoms with E-state index in [4.69, 9.17) is 4.42 Å². The number of nitrogens with zero attached hydrogens (tertiary/aromatic N) is 4. The first-order valence-electron chi connectivity index (χ1n) is 8.51. The number of thioether (sulfide) groups is 1. The van der Waals surface area contributed by atoms with E-state index in [-0.39, 0.29) is 5.91 Å². The number of hydrogen-bond donors (Lipinski definition) is 0. The lowest BCUT2D eigenvalue weighted by atomic mass is 10.0. The van der Waals surface area contributed by atoms with Gasteiger partial charge in [-0.15, -0.1) is 21.5 Å². The molecule has 8 heteroatoms. The number of thiazole rings is 1. The molecule has 0 saturated heterocycles. The minimum atomic E-state index is 0.0931. The number of allylic oxidation sites excluding steroid dienone is 2. The van der Waals surface area contributed by atoms with Gasteiger partial charge >= 0.3 is 0 Å². The summed E-state index contributed by atoms with van der Waals surface area (Å²) in [5, 5.41) is 11.5. The topological polar surface area (TPSA) is 72.1 Å². The fourth-order valence-electron chi connectivity index (χ4n) is 2.82. The number of aromatic nitrogens is 3. The van der Waals surface area contributed by atoms with Gasteiger partial charge in [0.25, 0.3) is 5.22 Å². The largest absolute Gasteiger partial charge is 0.416 e. The van der Waals surface area contributed by atoms with Crippen molar-refractivity contribution in [1.82, 2.24) is 20.1 Å². The van der Waals surface area contributed by atoms with Gasteiger partial charge in [-0.3, -0.25) is 4.79 Å². The zero-order valence-corrected chi connectivity index (χ0v) is 16.2. The van der Waals surface area contributed by atoms with Crippen molar-refractivity contribution in [2.45, 2.75) is 51.2 Å². The van der Waals surface area contributed by atoms with Gasteiger partial charge in [0.15, 0.2) is 0 Å². The molecule has 0 aliphatic heterocycles. The minimum Gasteiger partial charge on any atom is -0.416 e. The summed E-state index contributed by atoms with van der Waals surface area (Å²) < 4.78 is 5.63. The molecule has 2 aromatic rings. The predicted molar refractivity (Wildman–Crippen MR) is 98.6 cm³/mol. The van der Waals surface area contributed by atoms with Crippen molar-refractivity contribution < 1.29 is 9.21 Å². The van der Waals surface area contributed by atoms with E-state index in [1.807, 2.05) is 24.1 Å². The molecule has 3 rings (SSSR count). The zero-order valence-electron chi connectivity index (χ0n) is 14.5. The Labute approximate surface area is 155 Å². The van der Waals surface area contributed by atoms with Gasteiger partial charge in [0, 0.05) is 17.6 Å². The van der Waals surface area contributed by atoms with Crippen LogP contribution in [0.25, 0.3) is 0 Å². The second kappa shape index (κ2) is 8.62. The maximum Gasteiger partial charge on any atom is 0.277 e. The minimum absolute atomic E-state index is 0.0931. The molecule has 0 bridgehead atoms. The van der Waals surface area contributed by atoms with Crippen molar-refractivity contribution in [3.63, 3.8) is 0 Å². The third kappa shape index (κ3) is 4.92. The summed E-state index contributed by atoms with van der Waals surface area (Å²) in [5.41, 5.74) is 2.09. The molecule has 0 unspecified atom stereocenters. The van der Waals surface area contributed by atoms with Crippen LogP contribution in [-0.4, -0.2) is 38.3 Å². The monoisotopic (exact) mass is 378 g/mol. The standard InChI is InChI=1S/C17H22N4O2S2/c1-3-21(14-7-5-4-6-8-14)16(22)11-25-17-20-19-15(23-17)9-13-10-24-12(2)18-13/h7,10H,3-6,8-9,11H2,1-2H3. The summed E-state index contributed by atoms with van der Waals surface area (Å²) in [7, 11) is 0. The van der Waals surface area contributed by atoms with Crippen molar-refractivity contribution in [2.75, 3.05) is 12.3 Å². The van der Waals surface area contributed by atoms with Crippen LogP contribution in [0.2, 0.25) is 0 Å². The molecule has 2 heterocycles. The van der Waals surface area contributed by atoms with E-state index in [0.29, 0.717) is 29.8 Å². The predicted octanol–water partition coefficient (Wildman–Crippen LogP) is 3.82. The lowest BCUT2D eigenvalue weighted by molar-refractivity contribution is -0.126. The molecule has 1 aliphatic rings. The Hall–Kier alpha value is -1.67. The third-order valence-corrected chi connectivity index (χ3v) is 5.62. The molecule has 6 nitrogen and oxygen atoms in total. The number of amides is 1. The van der Waals surface area contributed by atoms with Crippen molar-refractivity contribution in [2.24, 2.45) is 0 Å². The lowest BCUT2D eigenvalue weighted by Gasteiger charge is -2.26. The van der Waals surface area contributed by atoms with Crippen LogP contribution in [0.15, 0.2) is 26.8 Å². The van der Waals surface area contributed by atoms with Crippen LogP contribution in [0, 0.1) is 6.92 Å². The molecule has 0 radical (unpaired) electrons. The van der Waals surface area contributed by atoms with Gasteiger partial charge < -0.3 is 9.32 Å². The van der Waals surface area contributed by atoms with Crippen molar-refractivity contribution in [3.8, 4) is 0 Å². The third-order valence-electron chi connectivity index (χ3n) is 4.00. The second-order valence-corrected chi connectivity index (χ2v) is 7.85. The maximum atomic E-state index is 12.5. The van der Waals surface area contributed by atoms with Gasteiger partial charge in [-0.05, 0) is 39.5 Å². The fourth-order valence-corrected chi connectivity index (χ4v) is 4.09. The Morgan fingerprint density at radius 1 is 1.40 bits per heavy atom. The molecule has 134 valence electrons. The second-order valence-electron chi connectivity index (χ2n) is 5.86. The van der Waals surface area contributed by atoms with Crippen LogP contribution < -0.4 is 0 Å². The van der Waals surface area contributed by atoms with Gasteiger partial charge in [-0.25, -0.2) is 4.98 Å². The molecule has 1 amide bonds. The summed E-state index contributed by atoms with van der Waals surface area (Å²) in [4.78, 5) is 18.8. The van der Waals surface area contributed by atoms with Crippen molar-refractivity contribution in [1.29, 1.82) is 0 Å². The van der Waals surface area contributed by atoms with E-state index in [2.05, 4.69) is 21.3 Å². The summed E-state index contributed by atoms with van der Waals surface area (Å²) in [6.45, 7) is 4.68. The van der Waals surface area contributed by atoms with Crippen LogP contribution in [0.4, 0.5) is 0 Å². The molecule has 0 fully saturated rings. The van der Waals surface area contributed by atoms with E-state index in [9.17, 15) is 4.79 Å². The average Bonchev–Trinajstić information content (AvgIpc) is 3.24. The van der Waals surface area contributed by atoms with E-state index >= 15 is 0 Å². The summed E-state index contributed by atoms with van der Waals surface area (Å²) in [5.74, 6) is 0.931. The van der Waals surface area contributed by atoms with E-state index in [1.165, 1.54) is 18.2 Å². The van der Waals surface area contributed by atoms with Crippen LogP contribution in [0.1, 0.15) is 49.2 Å². The Morgan fingerprint density at radius 2 is 2.28 bits per heavy atom. The van der Waals surface area contributed by atoms with Crippen molar-refractivity contribution in [3.05, 3.63) is 33.7 Å². The van der Waals surface area contributed by atoms with E-state index < -0.39 is 0 Å². The number of rotatable bonds is 7. The molecule has 0 spiro atoms. The molecule has 0 saturated carbocycles. The number of aryl methyl sites for hydroxylation is 1. The smallest absolute Gasteiger partial charge is 0.277 e. The quantitative estimate of drug-likeness (QED) is 0.682. The van der Waals surface area contributed by atoms with Crippen LogP contribution in [-0.2, 0) is 11.2 Å². The number of hydrogen-bond acceptors (Lipinski definition) is 7. The van der Waals surface area contributed by atoms with Crippen molar-refractivity contribution >= 4 is 29.0 Å². The van der Waals surface area contributed by atoms with Gasteiger partial charge in [0.05, 0.1) is 22.9 Å². The van der Waals surface area contributed by atoms with Crippen LogP contribution >= 0.6 is 23.1 Å². The molecule has 0 atom stereocenters. The van der Waals surface area contributed by atoms with Crippen LogP contribution in [0.3, 0.4) is 0 Å². The molecular weight excluding hydrogens is 356 g/mol. The summed E-state index contributed by atoms with van der Waals surface area (Å²) >= 11 is 2.90. The number of carbonyl (C=O) groups is 1. The first kappa shape index (κ1) is 18.1.